The number of hydrogen-bond acceptors (Lipinski definition) is 3. The molecule has 1 rings (SSSR count). The molecule has 1 aromatic rings. The molecular formula is C13H17FN2S. The zero-order valence-corrected chi connectivity index (χ0v) is 11.2. The van der Waals surface area contributed by atoms with E-state index in [9.17, 15) is 4.39 Å². The molecule has 0 unspecified atom stereocenters. The summed E-state index contributed by atoms with van der Waals surface area (Å²) >= 11 is 1.83. The first kappa shape index (κ1) is 13.9. The van der Waals surface area contributed by atoms with Gasteiger partial charge in [-0.05, 0) is 12.1 Å². The second-order valence-corrected chi connectivity index (χ2v) is 6.58. The van der Waals surface area contributed by atoms with Gasteiger partial charge in [-0.1, -0.05) is 26.8 Å². The molecule has 0 aliphatic carbocycles. The van der Waals surface area contributed by atoms with E-state index in [1.165, 1.54) is 6.07 Å². The summed E-state index contributed by atoms with van der Waals surface area (Å²) in [5.41, 5.74) is 0.662. The van der Waals surface area contributed by atoms with Crippen LogP contribution in [0.1, 0.15) is 26.3 Å². The van der Waals surface area contributed by atoms with E-state index in [-0.39, 0.29) is 10.3 Å². The van der Waals surface area contributed by atoms with E-state index >= 15 is 0 Å². The van der Waals surface area contributed by atoms with Crippen molar-refractivity contribution in [3.63, 3.8) is 0 Å². The maximum Gasteiger partial charge on any atom is 0.143 e. The maximum atomic E-state index is 13.3. The summed E-state index contributed by atoms with van der Waals surface area (Å²) in [7, 11) is 0. The van der Waals surface area contributed by atoms with Crippen molar-refractivity contribution in [3.8, 4) is 6.07 Å². The normalized spacial score (nSPS) is 11.0. The fourth-order valence-electron chi connectivity index (χ4n) is 1.33. The van der Waals surface area contributed by atoms with Crippen molar-refractivity contribution in [1.29, 1.82) is 5.26 Å². The van der Waals surface area contributed by atoms with Crippen molar-refractivity contribution in [1.82, 2.24) is 0 Å². The number of nitriles is 1. The lowest BCUT2D eigenvalue weighted by molar-refractivity contribution is 0.624. The molecule has 0 amide bonds. The quantitative estimate of drug-likeness (QED) is 0.831. The summed E-state index contributed by atoms with van der Waals surface area (Å²) in [6, 6.07) is 6.51. The predicted molar refractivity (Wildman–Crippen MR) is 71.8 cm³/mol. The van der Waals surface area contributed by atoms with Crippen LogP contribution in [0.5, 0.6) is 0 Å². The van der Waals surface area contributed by atoms with Gasteiger partial charge < -0.3 is 5.32 Å². The van der Waals surface area contributed by atoms with E-state index < -0.39 is 5.82 Å². The Hall–Kier alpha value is -1.21. The van der Waals surface area contributed by atoms with Crippen molar-refractivity contribution in [3.05, 3.63) is 29.6 Å². The van der Waals surface area contributed by atoms with Crippen LogP contribution in [-0.4, -0.2) is 17.0 Å². The Morgan fingerprint density at radius 1 is 1.41 bits per heavy atom. The Labute approximate surface area is 106 Å². The van der Waals surface area contributed by atoms with Crippen LogP contribution in [0.15, 0.2) is 18.2 Å². The minimum atomic E-state index is -0.471. The van der Waals surface area contributed by atoms with Gasteiger partial charge in [0.2, 0.25) is 0 Å². The van der Waals surface area contributed by atoms with Gasteiger partial charge in [0.1, 0.15) is 17.4 Å². The zero-order valence-electron chi connectivity index (χ0n) is 10.4. The summed E-state index contributed by atoms with van der Waals surface area (Å²) in [6.07, 6.45) is 0. The molecule has 92 valence electrons. The first-order chi connectivity index (χ1) is 7.94. The van der Waals surface area contributed by atoms with Crippen LogP contribution in [0.25, 0.3) is 0 Å². The highest BCUT2D eigenvalue weighted by atomic mass is 32.2. The van der Waals surface area contributed by atoms with Crippen molar-refractivity contribution in [2.75, 3.05) is 17.6 Å². The Bertz CT molecular complexity index is 418. The molecule has 0 aliphatic rings. The lowest BCUT2D eigenvalue weighted by atomic mass is 10.2. The van der Waals surface area contributed by atoms with Gasteiger partial charge in [-0.15, -0.1) is 0 Å². The van der Waals surface area contributed by atoms with Gasteiger partial charge in [0.05, 0.1) is 5.69 Å². The number of anilines is 1. The monoisotopic (exact) mass is 252 g/mol. The predicted octanol–water partition coefficient (Wildman–Crippen LogP) is 3.64. The molecule has 4 heteroatoms. The number of hydrogen-bond donors (Lipinski definition) is 1. The number of rotatable bonds is 4. The standard InChI is InChI=1S/C13H17FN2S/c1-13(2,3)17-8-7-16-12-6-4-5-11(14)10(12)9-15/h4-6,16H,7-8H2,1-3H3. The minimum Gasteiger partial charge on any atom is -0.383 e. The molecule has 1 aromatic carbocycles. The molecule has 0 fully saturated rings. The first-order valence-electron chi connectivity index (χ1n) is 5.50. The third kappa shape index (κ3) is 4.66. The lowest BCUT2D eigenvalue weighted by Crippen LogP contribution is -2.13. The summed E-state index contributed by atoms with van der Waals surface area (Å²) in [5, 5.41) is 11.9. The van der Waals surface area contributed by atoms with Gasteiger partial charge in [-0.25, -0.2) is 4.39 Å². The Morgan fingerprint density at radius 3 is 2.71 bits per heavy atom. The van der Waals surface area contributed by atoms with Crippen LogP contribution >= 0.6 is 11.8 Å². The molecule has 0 atom stereocenters. The molecule has 0 heterocycles. The largest absolute Gasteiger partial charge is 0.383 e. The fraction of sp³-hybridized carbons (Fsp3) is 0.462. The van der Waals surface area contributed by atoms with E-state index in [1.807, 2.05) is 17.8 Å². The molecule has 1 N–H and O–H groups in total. The average molecular weight is 252 g/mol. The number of benzene rings is 1. The average Bonchev–Trinajstić information content (AvgIpc) is 2.23. The highest BCUT2D eigenvalue weighted by Gasteiger charge is 2.10. The van der Waals surface area contributed by atoms with Gasteiger partial charge in [-0.3, -0.25) is 0 Å². The van der Waals surface area contributed by atoms with Gasteiger partial charge >= 0.3 is 0 Å². The number of halogens is 1. The molecule has 2 nitrogen and oxygen atoms in total. The van der Waals surface area contributed by atoms with Crippen LogP contribution in [-0.2, 0) is 0 Å². The van der Waals surface area contributed by atoms with E-state index in [4.69, 9.17) is 5.26 Å². The van der Waals surface area contributed by atoms with E-state index in [0.29, 0.717) is 5.69 Å². The van der Waals surface area contributed by atoms with Crippen molar-refractivity contribution in [2.45, 2.75) is 25.5 Å². The molecule has 17 heavy (non-hydrogen) atoms. The number of nitrogens with one attached hydrogen (secondary N) is 1. The summed E-state index contributed by atoms with van der Waals surface area (Å²) in [4.78, 5) is 0. The zero-order chi connectivity index (χ0) is 12.9. The van der Waals surface area contributed by atoms with Gasteiger partial charge in [0, 0.05) is 17.0 Å². The van der Waals surface area contributed by atoms with E-state index in [2.05, 4.69) is 26.1 Å². The highest BCUT2D eigenvalue weighted by Crippen LogP contribution is 2.23. The van der Waals surface area contributed by atoms with Crippen LogP contribution in [0, 0.1) is 17.1 Å². The summed E-state index contributed by atoms with van der Waals surface area (Å²) in [5.74, 6) is 0.450. The molecule has 0 saturated carbocycles. The Kier molecular flexibility index (Phi) is 4.83. The molecule has 0 aliphatic heterocycles. The van der Waals surface area contributed by atoms with Crippen LogP contribution in [0.4, 0.5) is 10.1 Å². The fourth-order valence-corrected chi connectivity index (χ4v) is 2.14. The summed E-state index contributed by atoms with van der Waals surface area (Å²) in [6.45, 7) is 7.18. The summed E-state index contributed by atoms with van der Waals surface area (Å²) < 4.78 is 13.5. The number of thioether (sulfide) groups is 1. The van der Waals surface area contributed by atoms with Gasteiger partial charge in [-0.2, -0.15) is 17.0 Å². The lowest BCUT2D eigenvalue weighted by Gasteiger charge is -2.17. The highest BCUT2D eigenvalue weighted by molar-refractivity contribution is 8.00. The Balaban J connectivity index is 2.53. The molecule has 0 saturated heterocycles. The van der Waals surface area contributed by atoms with Gasteiger partial charge in [0.25, 0.3) is 0 Å². The second kappa shape index (κ2) is 5.92. The van der Waals surface area contributed by atoms with Crippen LogP contribution in [0.2, 0.25) is 0 Å². The Morgan fingerprint density at radius 2 is 2.12 bits per heavy atom. The molecule has 0 bridgehead atoms. The first-order valence-corrected chi connectivity index (χ1v) is 6.49. The second-order valence-electron chi connectivity index (χ2n) is 4.66. The minimum absolute atomic E-state index is 0.0910. The third-order valence-corrected chi connectivity index (χ3v) is 3.35. The number of nitrogens with zero attached hydrogens (tertiary/aromatic N) is 1. The van der Waals surface area contributed by atoms with E-state index in [1.54, 1.807) is 12.1 Å². The molecule has 0 aromatic heterocycles. The van der Waals surface area contributed by atoms with E-state index in [0.717, 1.165) is 12.3 Å². The van der Waals surface area contributed by atoms with Crippen molar-refractivity contribution < 1.29 is 4.39 Å². The maximum absolute atomic E-state index is 13.3. The SMILES string of the molecule is CC(C)(C)SCCNc1cccc(F)c1C#N. The molecular weight excluding hydrogens is 235 g/mol. The smallest absolute Gasteiger partial charge is 0.143 e. The third-order valence-electron chi connectivity index (χ3n) is 2.08. The van der Waals surface area contributed by atoms with Crippen molar-refractivity contribution in [2.24, 2.45) is 0 Å². The van der Waals surface area contributed by atoms with Crippen LogP contribution < -0.4 is 5.32 Å². The molecule has 0 spiro atoms. The van der Waals surface area contributed by atoms with Gasteiger partial charge in [0.15, 0.2) is 0 Å². The van der Waals surface area contributed by atoms with Crippen LogP contribution in [0.3, 0.4) is 0 Å². The molecule has 0 radical (unpaired) electrons. The van der Waals surface area contributed by atoms with Crippen molar-refractivity contribution >= 4 is 17.4 Å². The topological polar surface area (TPSA) is 35.8 Å².